The van der Waals surface area contributed by atoms with Crippen molar-refractivity contribution in [2.75, 3.05) is 0 Å². The van der Waals surface area contributed by atoms with Crippen molar-refractivity contribution in [2.24, 2.45) is 0 Å². The molecule has 0 saturated carbocycles. The zero-order valence-electron chi connectivity index (χ0n) is 44.5. The second-order valence-electron chi connectivity index (χ2n) is 24.5. The number of hydrogen-bond donors (Lipinski definition) is 1. The van der Waals surface area contributed by atoms with Crippen LogP contribution in [0.2, 0.25) is 13.1 Å². The number of phenolic OH excluding ortho intramolecular Hbond substituents is 1. The van der Waals surface area contributed by atoms with Crippen molar-refractivity contribution >= 4 is 29.5 Å². The summed E-state index contributed by atoms with van der Waals surface area (Å²) in [6.45, 7) is 32.0. The molecule has 0 aliphatic carbocycles. The van der Waals surface area contributed by atoms with E-state index in [4.69, 9.17) is 9.97 Å². The van der Waals surface area contributed by atoms with Gasteiger partial charge in [-0.3, -0.25) is 9.55 Å². The number of hydrogen-bond acceptors (Lipinski definition) is 3. The predicted molar refractivity (Wildman–Crippen MR) is 304 cm³/mol. The first-order valence-corrected chi connectivity index (χ1v) is 28.3. The Labute approximate surface area is 443 Å². The first kappa shape index (κ1) is 50.8. The Kier molecular flexibility index (Phi) is 12.8. The minimum atomic E-state index is -2.34. The summed E-state index contributed by atoms with van der Waals surface area (Å²) in [5, 5.41) is 15.7. The summed E-state index contributed by atoms with van der Waals surface area (Å²) in [6.07, 6.45) is 1.92. The second-order valence-corrected chi connectivity index (χ2v) is 28.8. The van der Waals surface area contributed by atoms with Crippen LogP contribution in [0.3, 0.4) is 0 Å². The number of nitrogens with zero attached hydrogens (tertiary/aromatic N) is 3. The molecule has 9 aromatic rings. The quantitative estimate of drug-likeness (QED) is 0.133. The molecular weight excluding hydrogens is 1070 g/mol. The molecule has 3 heterocycles. The number of aromatic nitrogens is 3. The molecule has 368 valence electrons. The van der Waals surface area contributed by atoms with Gasteiger partial charge in [0.2, 0.25) is 0 Å². The predicted octanol–water partition coefficient (Wildman–Crippen LogP) is 16.3. The first-order valence-electron chi connectivity index (χ1n) is 25.3. The minimum absolute atomic E-state index is 0. The molecule has 4 nitrogen and oxygen atoms in total. The zero-order valence-corrected chi connectivity index (χ0v) is 47.8. The third-order valence-corrected chi connectivity index (χ3v) is 18.4. The van der Waals surface area contributed by atoms with E-state index < -0.39 is 8.07 Å². The summed E-state index contributed by atoms with van der Waals surface area (Å²) in [7, 11) is -2.34. The Morgan fingerprint density at radius 3 is 1.72 bits per heavy atom. The second kappa shape index (κ2) is 18.1. The normalized spacial score (nSPS) is 13.5. The summed E-state index contributed by atoms with van der Waals surface area (Å²) >= 11 is 0. The van der Waals surface area contributed by atoms with E-state index in [2.05, 4.69) is 252 Å². The molecule has 0 unspecified atom stereocenters. The smallest absolute Gasteiger partial charge is 0.148 e. The van der Waals surface area contributed by atoms with Crippen LogP contribution in [0.5, 0.6) is 5.75 Å². The van der Waals surface area contributed by atoms with Crippen LogP contribution in [-0.2, 0) is 42.7 Å². The molecule has 1 N–H and O–H groups in total. The fourth-order valence-electron chi connectivity index (χ4n) is 10.6. The van der Waals surface area contributed by atoms with E-state index in [0.717, 1.165) is 78.0 Å². The Balaban J connectivity index is 0.00000640. The maximum Gasteiger partial charge on any atom is 0.148 e. The Hall–Kier alpha value is -6.13. The van der Waals surface area contributed by atoms with Crippen LogP contribution in [0.25, 0.3) is 83.9 Å². The van der Waals surface area contributed by atoms with Crippen molar-refractivity contribution in [1.82, 2.24) is 14.5 Å². The number of rotatable bonds is 6. The van der Waals surface area contributed by atoms with Gasteiger partial charge in [0, 0.05) is 44.1 Å². The number of phenols is 1. The van der Waals surface area contributed by atoms with E-state index in [1.54, 1.807) is 0 Å². The zero-order chi connectivity index (χ0) is 50.6. The largest absolute Gasteiger partial charge is 0.507 e. The van der Waals surface area contributed by atoms with Gasteiger partial charge in [-0.2, -0.15) is 0 Å². The molecule has 1 aliphatic rings. The van der Waals surface area contributed by atoms with Crippen molar-refractivity contribution in [3.05, 3.63) is 180 Å². The van der Waals surface area contributed by atoms with Gasteiger partial charge in [0.1, 0.15) is 19.6 Å². The van der Waals surface area contributed by atoms with E-state index in [-0.39, 0.29) is 48.5 Å². The van der Waals surface area contributed by atoms with Gasteiger partial charge in [-0.1, -0.05) is 210 Å². The van der Waals surface area contributed by atoms with E-state index in [1.165, 1.54) is 32.6 Å². The molecule has 0 atom stereocenters. The Morgan fingerprint density at radius 2 is 1.08 bits per heavy atom. The fraction of sp³-hybridized carbons (Fsp3) is 0.273. The van der Waals surface area contributed by atoms with Crippen molar-refractivity contribution in [1.29, 1.82) is 0 Å². The van der Waals surface area contributed by atoms with E-state index >= 15 is 0 Å². The molecular formula is C66H68N3OPtSi-. The average molecular weight is 1140 g/mol. The molecule has 72 heavy (non-hydrogen) atoms. The Bertz CT molecular complexity index is 3540. The SMILES string of the molecule is CC(C)(C)c1cc(-c2cc(-c3ccccc3)ccn2)[c-]c(-c2c3c(cc4c2nc(-c2cc(C(C)(C)C)cc(C(C)(C)C)c2O)n4-c2ccc(C(C)(C)C)cc2-c2ccccc2)[Si](C)(C)c2ccccc2-3)c1.[Pt]. The van der Waals surface area contributed by atoms with Gasteiger partial charge in [-0.05, 0) is 102 Å². The summed E-state index contributed by atoms with van der Waals surface area (Å²) in [5.74, 6) is 0.966. The molecule has 6 heteroatoms. The van der Waals surface area contributed by atoms with Crippen LogP contribution in [-0.4, -0.2) is 27.7 Å². The van der Waals surface area contributed by atoms with E-state index in [1.807, 2.05) is 6.20 Å². The summed E-state index contributed by atoms with van der Waals surface area (Å²) < 4.78 is 2.38. The minimum Gasteiger partial charge on any atom is -0.507 e. The number of benzene rings is 7. The molecule has 0 spiro atoms. The molecule has 0 bridgehead atoms. The molecule has 7 aromatic carbocycles. The summed E-state index contributed by atoms with van der Waals surface area (Å²) in [6, 6.07) is 57.2. The standard InChI is InChI=1S/C66H68N3OSi.Pt/c1-63(2,3)46-29-30-54(50(37-46)42-25-19-16-20-26-42)69-55-40-57-59(49-27-21-22-28-56(49)71(57,13)14)58(60(55)68-62(69)51-38-48(65(7,8)9)39-52(61(51)70)66(10,11)12)45-33-44(34-47(35-45)64(4,5)6)53-36-43(31-32-67-53)41-23-17-15-18-24-41;/h15-32,34-40,70H,1-14H3;/q-1;. The van der Waals surface area contributed by atoms with Gasteiger partial charge in [0.25, 0.3) is 0 Å². The molecule has 0 saturated heterocycles. The molecule has 0 amide bonds. The number of pyridine rings is 1. The third kappa shape index (κ3) is 8.96. The van der Waals surface area contributed by atoms with Gasteiger partial charge in [-0.25, -0.2) is 4.98 Å². The van der Waals surface area contributed by atoms with Gasteiger partial charge in [-0.15, -0.1) is 29.3 Å². The van der Waals surface area contributed by atoms with Gasteiger partial charge in [0.05, 0.1) is 22.3 Å². The van der Waals surface area contributed by atoms with E-state index in [0.29, 0.717) is 5.82 Å². The molecule has 0 radical (unpaired) electrons. The molecule has 10 rings (SSSR count). The number of aromatic hydroxyl groups is 1. The van der Waals surface area contributed by atoms with E-state index in [9.17, 15) is 5.11 Å². The van der Waals surface area contributed by atoms with Crippen LogP contribution in [0.15, 0.2) is 152 Å². The van der Waals surface area contributed by atoms with Crippen molar-refractivity contribution in [3.63, 3.8) is 0 Å². The van der Waals surface area contributed by atoms with Crippen LogP contribution in [0.4, 0.5) is 0 Å². The maximum atomic E-state index is 12.9. The first-order chi connectivity index (χ1) is 33.4. The van der Waals surface area contributed by atoms with Gasteiger partial charge in [0.15, 0.2) is 0 Å². The number of imidazole rings is 1. The maximum absolute atomic E-state index is 12.9. The van der Waals surface area contributed by atoms with Crippen LogP contribution < -0.4 is 10.4 Å². The van der Waals surface area contributed by atoms with Crippen molar-refractivity contribution in [3.8, 4) is 78.6 Å². The van der Waals surface area contributed by atoms with Crippen LogP contribution in [0.1, 0.15) is 105 Å². The summed E-state index contributed by atoms with van der Waals surface area (Å²) in [4.78, 5) is 11.0. The number of fused-ring (bicyclic) bond motifs is 4. The third-order valence-electron chi connectivity index (χ3n) is 14.9. The monoisotopic (exact) mass is 1140 g/mol. The average Bonchev–Trinajstić information content (AvgIpc) is 3.81. The molecule has 2 aromatic heterocycles. The summed E-state index contributed by atoms with van der Waals surface area (Å²) in [5.41, 5.74) is 18.0. The van der Waals surface area contributed by atoms with Gasteiger partial charge < -0.3 is 5.11 Å². The van der Waals surface area contributed by atoms with Crippen molar-refractivity contribution < 1.29 is 26.2 Å². The molecule has 1 aliphatic heterocycles. The van der Waals surface area contributed by atoms with Gasteiger partial charge >= 0.3 is 0 Å². The van der Waals surface area contributed by atoms with Crippen LogP contribution >= 0.6 is 0 Å². The fourth-order valence-corrected chi connectivity index (χ4v) is 13.6. The van der Waals surface area contributed by atoms with Crippen molar-refractivity contribution in [2.45, 2.75) is 118 Å². The van der Waals surface area contributed by atoms with Crippen LogP contribution in [0, 0.1) is 6.07 Å². The Morgan fingerprint density at radius 1 is 0.500 bits per heavy atom. The molecule has 0 fully saturated rings. The topological polar surface area (TPSA) is 50.9 Å².